The lowest BCUT2D eigenvalue weighted by Crippen LogP contribution is -2.48. The maximum absolute atomic E-state index is 12.9. The minimum absolute atomic E-state index is 0.219. The fourth-order valence-corrected chi connectivity index (χ4v) is 3.68. The van der Waals surface area contributed by atoms with E-state index < -0.39 is 17.5 Å². The highest BCUT2D eigenvalue weighted by atomic mass is 32.2. The van der Waals surface area contributed by atoms with E-state index in [1.165, 1.54) is 37.4 Å². The zero-order valence-corrected chi connectivity index (χ0v) is 19.4. The van der Waals surface area contributed by atoms with Crippen molar-refractivity contribution in [1.82, 2.24) is 20.2 Å². The van der Waals surface area contributed by atoms with Crippen molar-refractivity contribution < 1.29 is 23.5 Å². The van der Waals surface area contributed by atoms with E-state index in [2.05, 4.69) is 15.6 Å². The molecule has 1 atom stereocenters. The van der Waals surface area contributed by atoms with Crippen LogP contribution < -0.4 is 25.7 Å². The molecule has 3 rings (SSSR count). The first-order valence-corrected chi connectivity index (χ1v) is 11.6. The minimum atomic E-state index is -0.742. The molecule has 0 unspecified atom stereocenters. The predicted molar refractivity (Wildman–Crippen MR) is 125 cm³/mol. The molecule has 0 bridgehead atoms. The number of hydrogen-bond acceptors (Lipinski definition) is 8. The standard InChI is InChI=1S/C22H26N4O6S/c1-30-18-9-15-17(10-19(18)31-2)24-13-26(22(15)29)12-20(27)25-16(6-8-33-3)21(28)23-11-14-5-4-7-32-14/h4-5,7,9-10,13,16H,6,8,11-12H2,1-3H3,(H,23,28)(H,25,27)/t16-/m1/s1. The van der Waals surface area contributed by atoms with Crippen LogP contribution in [0.25, 0.3) is 10.9 Å². The van der Waals surface area contributed by atoms with E-state index in [0.29, 0.717) is 34.9 Å². The molecule has 2 amide bonds. The summed E-state index contributed by atoms with van der Waals surface area (Å²) >= 11 is 1.57. The van der Waals surface area contributed by atoms with Crippen molar-refractivity contribution in [1.29, 1.82) is 0 Å². The summed E-state index contributed by atoms with van der Waals surface area (Å²) in [5.41, 5.74) is 0.0171. The fraction of sp³-hybridized carbons (Fsp3) is 0.364. The van der Waals surface area contributed by atoms with E-state index in [1.807, 2.05) is 6.26 Å². The zero-order chi connectivity index (χ0) is 23.8. The summed E-state index contributed by atoms with van der Waals surface area (Å²) in [5, 5.41) is 5.77. The molecule has 11 heteroatoms. The van der Waals surface area contributed by atoms with Gasteiger partial charge in [-0.2, -0.15) is 11.8 Å². The minimum Gasteiger partial charge on any atom is -0.493 e. The Hall–Kier alpha value is -3.47. The van der Waals surface area contributed by atoms with Gasteiger partial charge in [0.1, 0.15) is 18.3 Å². The van der Waals surface area contributed by atoms with E-state index >= 15 is 0 Å². The van der Waals surface area contributed by atoms with E-state index in [0.717, 1.165) is 0 Å². The second kappa shape index (κ2) is 11.4. The first kappa shape index (κ1) is 24.2. The molecule has 1 aromatic carbocycles. The molecule has 10 nitrogen and oxygen atoms in total. The number of carbonyl (C=O) groups excluding carboxylic acids is 2. The Morgan fingerprint density at radius 2 is 2.00 bits per heavy atom. The monoisotopic (exact) mass is 474 g/mol. The SMILES string of the molecule is COc1cc2ncn(CC(=O)N[C@H](CCSC)C(=O)NCc3ccco3)c(=O)c2cc1OC. The van der Waals surface area contributed by atoms with Crippen LogP contribution in [0.4, 0.5) is 0 Å². The summed E-state index contributed by atoms with van der Waals surface area (Å²) in [6.45, 7) is -0.0613. The van der Waals surface area contributed by atoms with Crippen LogP contribution in [-0.2, 0) is 22.7 Å². The van der Waals surface area contributed by atoms with Gasteiger partial charge in [0.05, 0.1) is 44.3 Å². The number of methoxy groups -OCH3 is 2. The van der Waals surface area contributed by atoms with Gasteiger partial charge in [0, 0.05) is 6.07 Å². The predicted octanol–water partition coefficient (Wildman–Crippen LogP) is 1.56. The molecule has 3 aromatic rings. The summed E-state index contributed by atoms with van der Waals surface area (Å²) in [7, 11) is 2.96. The fourth-order valence-electron chi connectivity index (χ4n) is 3.21. The van der Waals surface area contributed by atoms with Gasteiger partial charge in [-0.05, 0) is 36.6 Å². The molecule has 176 valence electrons. The van der Waals surface area contributed by atoms with Gasteiger partial charge in [-0.1, -0.05) is 0 Å². The third kappa shape index (κ3) is 6.07. The number of carbonyl (C=O) groups is 2. The molecule has 2 aromatic heterocycles. The van der Waals surface area contributed by atoms with Crippen LogP contribution in [0.5, 0.6) is 11.5 Å². The maximum Gasteiger partial charge on any atom is 0.261 e. The van der Waals surface area contributed by atoms with Crippen molar-refractivity contribution in [2.45, 2.75) is 25.6 Å². The van der Waals surface area contributed by atoms with E-state index in [1.54, 1.807) is 30.0 Å². The van der Waals surface area contributed by atoms with Crippen LogP contribution in [0.1, 0.15) is 12.2 Å². The second-order valence-electron chi connectivity index (χ2n) is 7.10. The first-order valence-electron chi connectivity index (χ1n) is 10.2. The average Bonchev–Trinajstić information content (AvgIpc) is 3.35. The molecule has 0 radical (unpaired) electrons. The Bertz CT molecular complexity index is 1160. The Labute approximate surface area is 194 Å². The number of aromatic nitrogens is 2. The van der Waals surface area contributed by atoms with Crippen LogP contribution in [0.2, 0.25) is 0 Å². The Kier molecular flexibility index (Phi) is 8.36. The van der Waals surface area contributed by atoms with E-state index in [-0.39, 0.29) is 24.4 Å². The molecule has 2 heterocycles. The lowest BCUT2D eigenvalue weighted by atomic mass is 10.2. The first-order chi connectivity index (χ1) is 16.0. The summed E-state index contributed by atoms with van der Waals surface area (Å²) < 4.78 is 16.9. The average molecular weight is 475 g/mol. The van der Waals surface area contributed by atoms with Crippen LogP contribution in [0.3, 0.4) is 0 Å². The number of thioether (sulfide) groups is 1. The molecule has 0 aliphatic heterocycles. The summed E-state index contributed by atoms with van der Waals surface area (Å²) in [6.07, 6.45) is 5.18. The third-order valence-electron chi connectivity index (χ3n) is 4.92. The van der Waals surface area contributed by atoms with Crippen molar-refractivity contribution in [3.8, 4) is 11.5 Å². The molecule has 0 saturated carbocycles. The Morgan fingerprint density at radius 3 is 2.67 bits per heavy atom. The molecule has 33 heavy (non-hydrogen) atoms. The topological polar surface area (TPSA) is 125 Å². The summed E-state index contributed by atoms with van der Waals surface area (Å²) in [5.74, 6) is 1.32. The molecule has 0 aliphatic rings. The van der Waals surface area contributed by atoms with Gasteiger partial charge in [0.25, 0.3) is 5.56 Å². The lowest BCUT2D eigenvalue weighted by molar-refractivity contribution is -0.129. The quantitative estimate of drug-likeness (QED) is 0.429. The maximum atomic E-state index is 12.9. The van der Waals surface area contributed by atoms with Crippen LogP contribution in [0, 0.1) is 0 Å². The number of nitrogens with one attached hydrogen (secondary N) is 2. The Balaban J connectivity index is 1.72. The third-order valence-corrected chi connectivity index (χ3v) is 5.57. The highest BCUT2D eigenvalue weighted by Crippen LogP contribution is 2.29. The molecule has 0 spiro atoms. The van der Waals surface area contributed by atoms with Gasteiger partial charge < -0.3 is 24.5 Å². The van der Waals surface area contributed by atoms with Crippen molar-refractivity contribution >= 4 is 34.5 Å². The van der Waals surface area contributed by atoms with Crippen LogP contribution in [0.15, 0.2) is 46.1 Å². The molecular weight excluding hydrogens is 448 g/mol. The number of furan rings is 1. The zero-order valence-electron chi connectivity index (χ0n) is 18.6. The molecule has 0 saturated heterocycles. The van der Waals surface area contributed by atoms with E-state index in [9.17, 15) is 14.4 Å². The number of fused-ring (bicyclic) bond motifs is 1. The highest BCUT2D eigenvalue weighted by molar-refractivity contribution is 7.98. The lowest BCUT2D eigenvalue weighted by Gasteiger charge is -2.18. The van der Waals surface area contributed by atoms with Gasteiger partial charge in [-0.3, -0.25) is 19.0 Å². The molecular formula is C22H26N4O6S. The van der Waals surface area contributed by atoms with Gasteiger partial charge in [0.2, 0.25) is 11.8 Å². The van der Waals surface area contributed by atoms with Gasteiger partial charge in [-0.25, -0.2) is 4.98 Å². The van der Waals surface area contributed by atoms with Crippen molar-refractivity contribution in [3.63, 3.8) is 0 Å². The number of ether oxygens (including phenoxy) is 2. The largest absolute Gasteiger partial charge is 0.493 e. The normalized spacial score (nSPS) is 11.7. The van der Waals surface area contributed by atoms with Gasteiger partial charge in [0.15, 0.2) is 11.5 Å². The van der Waals surface area contributed by atoms with Crippen LogP contribution in [-0.4, -0.2) is 53.6 Å². The van der Waals surface area contributed by atoms with Gasteiger partial charge >= 0.3 is 0 Å². The number of hydrogen-bond donors (Lipinski definition) is 2. The number of rotatable bonds is 11. The number of amides is 2. The molecule has 2 N–H and O–H groups in total. The number of nitrogens with zero attached hydrogens (tertiary/aromatic N) is 2. The van der Waals surface area contributed by atoms with Crippen molar-refractivity contribution in [3.05, 3.63) is 53.0 Å². The Morgan fingerprint density at radius 1 is 1.24 bits per heavy atom. The van der Waals surface area contributed by atoms with Crippen LogP contribution >= 0.6 is 11.8 Å². The molecule has 0 fully saturated rings. The highest BCUT2D eigenvalue weighted by Gasteiger charge is 2.21. The van der Waals surface area contributed by atoms with Crippen molar-refractivity contribution in [2.24, 2.45) is 0 Å². The summed E-state index contributed by atoms with van der Waals surface area (Å²) in [4.78, 5) is 42.5. The number of benzene rings is 1. The van der Waals surface area contributed by atoms with Crippen molar-refractivity contribution in [2.75, 3.05) is 26.2 Å². The molecule has 0 aliphatic carbocycles. The summed E-state index contributed by atoms with van der Waals surface area (Å²) in [6, 6.07) is 5.87. The smallest absolute Gasteiger partial charge is 0.261 e. The second-order valence-corrected chi connectivity index (χ2v) is 8.09. The van der Waals surface area contributed by atoms with Gasteiger partial charge in [-0.15, -0.1) is 0 Å². The van der Waals surface area contributed by atoms with E-state index in [4.69, 9.17) is 13.9 Å².